The largest absolute Gasteiger partial charge is 0.460 e. The number of nitrogens with zero attached hydrogens (tertiary/aromatic N) is 1. The Morgan fingerprint density at radius 3 is 2.31 bits per heavy atom. The number of ether oxygens (including phenoxy) is 5. The molecule has 2 bridgehead atoms. The van der Waals surface area contributed by atoms with Gasteiger partial charge in [-0.05, 0) is 114 Å². The van der Waals surface area contributed by atoms with Crippen molar-refractivity contribution in [1.29, 1.82) is 0 Å². The van der Waals surface area contributed by atoms with Crippen molar-refractivity contribution in [2.75, 3.05) is 20.8 Å². The van der Waals surface area contributed by atoms with E-state index in [1.165, 1.54) is 12.0 Å². The minimum absolute atomic E-state index is 0.0172. The lowest BCUT2D eigenvalue weighted by molar-refractivity contribution is -0.264. The normalized spacial score (nSPS) is 38.1. The number of esters is 2. The predicted molar refractivity (Wildman–Crippen MR) is 265 cm³/mol. The van der Waals surface area contributed by atoms with Crippen LogP contribution in [0.3, 0.4) is 0 Å². The zero-order valence-corrected chi connectivity index (χ0v) is 43.6. The summed E-state index contributed by atoms with van der Waals surface area (Å²) in [4.78, 5) is 84.7. The highest BCUT2D eigenvalue weighted by Crippen LogP contribution is 2.38. The van der Waals surface area contributed by atoms with Crippen LogP contribution < -0.4 is 0 Å². The summed E-state index contributed by atoms with van der Waals surface area (Å²) in [7, 11) is 2.95. The van der Waals surface area contributed by atoms with Crippen molar-refractivity contribution < 1.29 is 62.7 Å². The highest BCUT2D eigenvalue weighted by Gasteiger charge is 2.53. The molecule has 1 amide bonds. The zero-order valence-electron chi connectivity index (χ0n) is 43.6. The summed E-state index contributed by atoms with van der Waals surface area (Å²) in [6.07, 6.45) is 17.8. The zero-order chi connectivity index (χ0) is 51.9. The third-order valence-electron chi connectivity index (χ3n) is 15.3. The number of piperidine rings is 1. The Kier molecular flexibility index (Phi) is 22.9. The number of ketones is 3. The average molecular weight is 978 g/mol. The first-order valence-electron chi connectivity index (χ1n) is 25.7. The third-order valence-corrected chi connectivity index (χ3v) is 15.3. The Balaban J connectivity index is 1.68. The van der Waals surface area contributed by atoms with Crippen molar-refractivity contribution in [3.8, 4) is 12.3 Å². The van der Waals surface area contributed by atoms with Crippen molar-refractivity contribution in [3.63, 3.8) is 0 Å². The number of terminal acetylenes is 1. The molecule has 1 aliphatic carbocycles. The number of aliphatic hydroxyl groups is 2. The molecular weight excluding hydrogens is 895 g/mol. The summed E-state index contributed by atoms with van der Waals surface area (Å²) in [5.41, 5.74) is 1.43. The molecule has 0 aromatic rings. The molecule has 2 saturated heterocycles. The smallest absolute Gasteiger partial charge is 0.329 e. The second kappa shape index (κ2) is 27.5. The van der Waals surface area contributed by atoms with Crippen LogP contribution in [0.25, 0.3) is 0 Å². The molecule has 4 aliphatic rings. The van der Waals surface area contributed by atoms with Gasteiger partial charge in [-0.15, -0.1) is 12.3 Å². The van der Waals surface area contributed by atoms with E-state index in [4.69, 9.17) is 30.1 Å². The molecule has 1 saturated carbocycles. The van der Waals surface area contributed by atoms with E-state index in [2.05, 4.69) is 5.92 Å². The number of fused-ring (bicyclic) bond motifs is 3. The lowest BCUT2D eigenvalue weighted by atomic mass is 9.78. The Bertz CT molecular complexity index is 1980. The second-order valence-electron chi connectivity index (χ2n) is 20.9. The molecular formula is C56H83NO13. The molecule has 0 aromatic heterocycles. The van der Waals surface area contributed by atoms with Gasteiger partial charge in [-0.3, -0.25) is 24.0 Å². The van der Waals surface area contributed by atoms with Crippen molar-refractivity contribution in [2.24, 2.45) is 41.4 Å². The molecule has 2 N–H and O–H groups in total. The number of cyclic esters (lactones) is 1. The summed E-state index contributed by atoms with van der Waals surface area (Å²) < 4.78 is 29.6. The topological polar surface area (TPSA) is 192 Å². The van der Waals surface area contributed by atoms with Gasteiger partial charge >= 0.3 is 11.9 Å². The molecule has 2 unspecified atom stereocenters. The number of Topliss-reactive ketones (excluding diaryl/α,β-unsaturated/α-hetero) is 3. The number of hydrogen-bond acceptors (Lipinski definition) is 13. The monoisotopic (exact) mass is 978 g/mol. The second-order valence-corrected chi connectivity index (χ2v) is 20.9. The molecule has 390 valence electrons. The van der Waals surface area contributed by atoms with Gasteiger partial charge in [0.2, 0.25) is 5.79 Å². The van der Waals surface area contributed by atoms with Crippen molar-refractivity contribution in [1.82, 2.24) is 4.90 Å². The summed E-state index contributed by atoms with van der Waals surface area (Å²) >= 11 is 0. The van der Waals surface area contributed by atoms with Crippen LogP contribution in [0.15, 0.2) is 47.6 Å². The summed E-state index contributed by atoms with van der Waals surface area (Å²) in [6.45, 7) is 14.9. The SMILES string of the molecule is C#CCCC(=O)O[C@@H]1CC[C@@H](C[C@@H](C)[C@@H]2CC(=O)[C@H](C)/C=C(\C)[C@@H](O)[C@@H](OC)C(=O)[C@H](C)C[C@H](C)/C=C/C=C/C=C(\C)C(C)C[C@@H]3CC[C@@H](C)[C@@](O)(O3)C(=O)C(=O)N3CCCC[C@H]3C(=O)O2)CC1OC. The van der Waals surface area contributed by atoms with Gasteiger partial charge in [0, 0.05) is 51.4 Å². The van der Waals surface area contributed by atoms with Gasteiger partial charge < -0.3 is 38.8 Å². The van der Waals surface area contributed by atoms with Gasteiger partial charge in [-0.2, -0.15) is 0 Å². The van der Waals surface area contributed by atoms with Gasteiger partial charge in [-0.1, -0.05) is 83.6 Å². The molecule has 3 fully saturated rings. The Hall–Kier alpha value is -4.26. The number of allylic oxidation sites excluding steroid dienone is 7. The van der Waals surface area contributed by atoms with Crippen LogP contribution in [-0.2, 0) is 52.5 Å². The van der Waals surface area contributed by atoms with E-state index in [1.807, 2.05) is 65.0 Å². The fourth-order valence-electron chi connectivity index (χ4n) is 10.6. The molecule has 70 heavy (non-hydrogen) atoms. The van der Waals surface area contributed by atoms with E-state index in [-0.39, 0.29) is 79.5 Å². The van der Waals surface area contributed by atoms with Gasteiger partial charge in [0.05, 0.1) is 18.6 Å². The number of carbonyl (C=O) groups is 6. The first-order valence-corrected chi connectivity index (χ1v) is 25.7. The van der Waals surface area contributed by atoms with Crippen LogP contribution in [0.1, 0.15) is 145 Å². The van der Waals surface area contributed by atoms with Gasteiger partial charge in [0.1, 0.15) is 36.2 Å². The van der Waals surface area contributed by atoms with E-state index >= 15 is 0 Å². The lowest BCUT2D eigenvalue weighted by Gasteiger charge is -2.42. The predicted octanol–water partition coefficient (Wildman–Crippen LogP) is 7.77. The maximum Gasteiger partial charge on any atom is 0.329 e. The van der Waals surface area contributed by atoms with Gasteiger partial charge in [0.25, 0.3) is 11.7 Å². The lowest BCUT2D eigenvalue weighted by Crippen LogP contribution is -2.60. The minimum Gasteiger partial charge on any atom is -0.460 e. The number of carbonyl (C=O) groups excluding carboxylic acids is 6. The standard InChI is InChI=1S/C56H83NO13/c1-12-13-22-49(59)68-46-26-24-42(32-48(46)66-10)30-38(6)47-33-45(58)37(5)29-40(8)51(61)52(67-11)50(60)39(7)28-34(2)19-15-14-16-20-35(3)36(4)31-43-25-23-41(9)56(65,70-43)53(62)54(63)57-27-18-17-21-44(57)55(64)69-47/h1,14-16,19-20,29,34,36-39,41-44,46-48,51-52,61,65H,13,17-18,21-28,30-33H2,2-11H3/b16-14+,19-15+,35-20+,40-29+/t34-,36?,37-,38-,39-,41-,42+,43+,44+,46-,47+,48?,51-,52+,56-/m1/s1. The van der Waals surface area contributed by atoms with E-state index in [1.54, 1.807) is 34.0 Å². The molecule has 4 rings (SSSR count). The van der Waals surface area contributed by atoms with Crippen molar-refractivity contribution in [3.05, 3.63) is 47.6 Å². The third kappa shape index (κ3) is 15.9. The van der Waals surface area contributed by atoms with Crippen LogP contribution in [0.4, 0.5) is 0 Å². The maximum absolute atomic E-state index is 14.5. The highest BCUT2D eigenvalue weighted by atomic mass is 16.6. The number of methoxy groups -OCH3 is 2. The van der Waals surface area contributed by atoms with Crippen molar-refractivity contribution in [2.45, 2.75) is 194 Å². The fraction of sp³-hybridized carbons (Fsp3) is 0.714. The number of aliphatic hydroxyl groups excluding tert-OH is 1. The van der Waals surface area contributed by atoms with Crippen LogP contribution in [0.5, 0.6) is 0 Å². The molecule has 3 heterocycles. The summed E-state index contributed by atoms with van der Waals surface area (Å²) in [5.74, 6) is -5.94. The Morgan fingerprint density at radius 1 is 0.900 bits per heavy atom. The molecule has 0 spiro atoms. The van der Waals surface area contributed by atoms with Crippen LogP contribution in [-0.4, -0.2) is 120 Å². The molecule has 0 aromatic carbocycles. The van der Waals surface area contributed by atoms with E-state index in [9.17, 15) is 39.0 Å². The van der Waals surface area contributed by atoms with Gasteiger partial charge in [0.15, 0.2) is 5.78 Å². The van der Waals surface area contributed by atoms with Crippen molar-refractivity contribution >= 4 is 35.2 Å². The molecule has 3 aliphatic heterocycles. The van der Waals surface area contributed by atoms with Crippen LogP contribution >= 0.6 is 0 Å². The maximum atomic E-state index is 14.5. The first kappa shape index (κ1) is 58.3. The quantitative estimate of drug-likeness (QED) is 0.104. The average Bonchev–Trinajstić information content (AvgIpc) is 3.33. The first-order chi connectivity index (χ1) is 33.1. The summed E-state index contributed by atoms with van der Waals surface area (Å²) in [6, 6.07) is -1.15. The molecule has 14 nitrogen and oxygen atoms in total. The van der Waals surface area contributed by atoms with Gasteiger partial charge in [-0.25, -0.2) is 4.79 Å². The Morgan fingerprint density at radius 2 is 1.63 bits per heavy atom. The fourth-order valence-corrected chi connectivity index (χ4v) is 10.6. The summed E-state index contributed by atoms with van der Waals surface area (Å²) in [5, 5.41) is 23.5. The number of hydrogen-bond donors (Lipinski definition) is 2. The van der Waals surface area contributed by atoms with E-state index in [0.29, 0.717) is 69.8 Å². The Labute approximate surface area is 417 Å². The minimum atomic E-state index is -2.39. The number of amides is 1. The van der Waals surface area contributed by atoms with Crippen LogP contribution in [0, 0.1) is 53.8 Å². The van der Waals surface area contributed by atoms with E-state index < -0.39 is 77.8 Å². The number of rotatable bonds is 8. The van der Waals surface area contributed by atoms with Crippen LogP contribution in [0.2, 0.25) is 0 Å². The molecule has 14 heteroatoms. The molecule has 0 radical (unpaired) electrons. The van der Waals surface area contributed by atoms with E-state index in [0.717, 1.165) is 5.57 Å². The molecule has 15 atom stereocenters. The highest BCUT2D eigenvalue weighted by molar-refractivity contribution is 6.39.